The van der Waals surface area contributed by atoms with Crippen molar-refractivity contribution in [3.8, 4) is 0 Å². The molecule has 123 valence electrons. The van der Waals surface area contributed by atoms with Gasteiger partial charge in [0.2, 0.25) is 0 Å². The molecule has 0 unspecified atom stereocenters. The first-order valence-corrected chi connectivity index (χ1v) is 9.34. The third-order valence-corrected chi connectivity index (χ3v) is 7.61. The summed E-state index contributed by atoms with van der Waals surface area (Å²) < 4.78 is 81.9. The monoisotopic (exact) mass is 395 g/mol. The first kappa shape index (κ1) is 17.9. The predicted octanol–water partition coefficient (Wildman–Crippen LogP) is 3.48. The summed E-state index contributed by atoms with van der Waals surface area (Å²) in [6, 6.07) is 9.07. The number of benzene rings is 2. The van der Waals surface area contributed by atoms with Crippen LogP contribution in [0.15, 0.2) is 48.5 Å². The van der Waals surface area contributed by atoms with Crippen LogP contribution in [0.4, 0.5) is 26.3 Å². The summed E-state index contributed by atoms with van der Waals surface area (Å²) in [5.74, 6) is 0. The average Bonchev–Trinajstić information content (AvgIpc) is 2.47. The Hall–Kier alpha value is -1.48. The minimum atomic E-state index is -4.43. The van der Waals surface area contributed by atoms with Gasteiger partial charge in [0.25, 0.3) is 0 Å². The number of rotatable bonds is 3. The van der Waals surface area contributed by atoms with Gasteiger partial charge >= 0.3 is 133 Å². The second-order valence-electron chi connectivity index (χ2n) is 4.68. The maximum absolute atomic E-state index is 12.6. The van der Waals surface area contributed by atoms with E-state index in [1.165, 1.54) is 31.4 Å². The summed E-state index contributed by atoms with van der Waals surface area (Å²) >= 11 is -2.63. The van der Waals surface area contributed by atoms with Crippen molar-refractivity contribution in [1.29, 1.82) is 0 Å². The molecule has 0 saturated heterocycles. The molecule has 0 amide bonds. The van der Waals surface area contributed by atoms with E-state index in [-0.39, 0.29) is 0 Å². The predicted molar refractivity (Wildman–Crippen MR) is 74.9 cm³/mol. The Morgan fingerprint density at radius 1 is 0.652 bits per heavy atom. The number of halogens is 6. The molecule has 0 aliphatic heterocycles. The Kier molecular flexibility index (Phi) is 5.10. The Morgan fingerprint density at radius 3 is 1.17 bits per heavy atom. The normalized spacial score (nSPS) is 12.7. The van der Waals surface area contributed by atoms with Gasteiger partial charge in [-0.25, -0.2) is 0 Å². The summed E-state index contributed by atoms with van der Waals surface area (Å²) in [4.78, 5) is 0. The fourth-order valence-corrected chi connectivity index (χ4v) is 5.68. The maximum atomic E-state index is 12.6. The molecule has 2 aromatic rings. The molecule has 0 N–H and O–H groups in total. The van der Waals surface area contributed by atoms with Crippen LogP contribution >= 0.6 is 0 Å². The molecule has 0 aromatic heterocycles. The van der Waals surface area contributed by atoms with Gasteiger partial charge in [-0.1, -0.05) is 0 Å². The van der Waals surface area contributed by atoms with Crippen molar-refractivity contribution in [2.45, 2.75) is 12.4 Å². The minimum absolute atomic E-state index is 0.584. The second-order valence-corrected chi connectivity index (χ2v) is 9.34. The van der Waals surface area contributed by atoms with E-state index in [9.17, 15) is 26.3 Å². The van der Waals surface area contributed by atoms with Crippen LogP contribution < -0.4 is 8.79 Å². The van der Waals surface area contributed by atoms with Crippen molar-refractivity contribution in [2.24, 2.45) is 0 Å². The van der Waals surface area contributed by atoms with Gasteiger partial charge in [0.1, 0.15) is 0 Å². The van der Waals surface area contributed by atoms with Gasteiger partial charge in [-0.15, -0.1) is 0 Å². The molecule has 8 heteroatoms. The van der Waals surface area contributed by atoms with Crippen molar-refractivity contribution in [3.05, 3.63) is 59.7 Å². The first-order chi connectivity index (χ1) is 10.6. The summed E-state index contributed by atoms with van der Waals surface area (Å²) in [5, 5.41) is 0. The molecule has 0 aliphatic rings. The van der Waals surface area contributed by atoms with Crippen molar-refractivity contribution in [1.82, 2.24) is 0 Å². The van der Waals surface area contributed by atoms with Crippen molar-refractivity contribution < 1.29 is 30.1 Å². The van der Waals surface area contributed by atoms with Crippen LogP contribution in [0.25, 0.3) is 0 Å². The number of hydrogen-bond acceptors (Lipinski definition) is 1. The first-order valence-electron chi connectivity index (χ1n) is 6.39. The van der Waals surface area contributed by atoms with E-state index in [4.69, 9.17) is 3.76 Å². The zero-order valence-corrected chi connectivity index (χ0v) is 13.9. The summed E-state index contributed by atoms with van der Waals surface area (Å²) in [6.07, 6.45) is -8.86. The average molecular weight is 394 g/mol. The van der Waals surface area contributed by atoms with Crippen LogP contribution in [-0.2, 0) is 16.1 Å². The van der Waals surface area contributed by atoms with E-state index in [2.05, 4.69) is 0 Å². The van der Waals surface area contributed by atoms with Crippen molar-refractivity contribution >= 4 is 23.5 Å². The SMILES string of the molecule is C[O][Ge]([c]1ccc(C(F)(F)F)cc1)[c]1ccc(C(F)(F)F)cc1. The van der Waals surface area contributed by atoms with Crippen LogP contribution in [0.3, 0.4) is 0 Å². The summed E-state index contributed by atoms with van der Waals surface area (Å²) in [6.45, 7) is 0. The quantitative estimate of drug-likeness (QED) is 0.573. The van der Waals surface area contributed by atoms with Gasteiger partial charge in [-0.2, -0.15) is 0 Å². The van der Waals surface area contributed by atoms with E-state index in [0.717, 1.165) is 24.3 Å². The molecular formula is C15H11F6GeO. The third-order valence-electron chi connectivity index (χ3n) is 3.15. The van der Waals surface area contributed by atoms with Gasteiger partial charge in [-0.3, -0.25) is 0 Å². The molecule has 0 aliphatic carbocycles. The Bertz CT molecular complexity index is 588. The molecule has 0 bridgehead atoms. The molecule has 0 atom stereocenters. The molecule has 2 aromatic carbocycles. The van der Waals surface area contributed by atoms with Gasteiger partial charge in [-0.05, 0) is 0 Å². The van der Waals surface area contributed by atoms with Crippen LogP contribution in [0, 0.1) is 0 Å². The fourth-order valence-electron chi connectivity index (χ4n) is 2.02. The topological polar surface area (TPSA) is 9.23 Å². The van der Waals surface area contributed by atoms with Gasteiger partial charge < -0.3 is 0 Å². The van der Waals surface area contributed by atoms with Crippen molar-refractivity contribution in [2.75, 3.05) is 7.11 Å². The van der Waals surface area contributed by atoms with Gasteiger partial charge in [0.05, 0.1) is 0 Å². The van der Waals surface area contributed by atoms with Gasteiger partial charge in [0, 0.05) is 0 Å². The number of alkyl halides is 6. The third kappa shape index (κ3) is 4.29. The molecule has 1 radical (unpaired) electrons. The van der Waals surface area contributed by atoms with Crippen molar-refractivity contribution in [3.63, 3.8) is 0 Å². The van der Waals surface area contributed by atoms with E-state index in [1.807, 2.05) is 0 Å². The summed E-state index contributed by atoms with van der Waals surface area (Å²) in [5.41, 5.74) is -1.55. The van der Waals surface area contributed by atoms with Crippen LogP contribution in [0.1, 0.15) is 11.1 Å². The molecule has 23 heavy (non-hydrogen) atoms. The summed E-state index contributed by atoms with van der Waals surface area (Å²) in [7, 11) is 1.41. The van der Waals surface area contributed by atoms with E-state index >= 15 is 0 Å². The molecule has 0 heterocycles. The molecule has 0 saturated carbocycles. The molecule has 1 nitrogen and oxygen atoms in total. The van der Waals surface area contributed by atoms with Crippen LogP contribution in [0.2, 0.25) is 0 Å². The van der Waals surface area contributed by atoms with E-state index < -0.39 is 38.2 Å². The zero-order valence-electron chi connectivity index (χ0n) is 11.8. The van der Waals surface area contributed by atoms with Gasteiger partial charge in [0.15, 0.2) is 0 Å². The standard InChI is InChI=1S/C15H11F6GeO/c1-23-22(12-6-2-10(3-7-12)14(16,17)18)13-8-4-11(5-9-13)15(19,20)21/h2-9H,1H3. The molecule has 0 spiro atoms. The van der Waals surface area contributed by atoms with Crippen LogP contribution in [0.5, 0.6) is 0 Å². The Labute approximate surface area is 133 Å². The number of hydrogen-bond donors (Lipinski definition) is 0. The molecule has 0 fully saturated rings. The zero-order chi connectivity index (χ0) is 17.3. The van der Waals surface area contributed by atoms with E-state index in [1.54, 1.807) is 0 Å². The van der Waals surface area contributed by atoms with Crippen LogP contribution in [-0.4, -0.2) is 21.8 Å². The Morgan fingerprint density at radius 2 is 0.957 bits per heavy atom. The van der Waals surface area contributed by atoms with E-state index in [0.29, 0.717) is 8.79 Å². The fraction of sp³-hybridized carbons (Fsp3) is 0.200. The Balaban J connectivity index is 2.29. The molecular weight excluding hydrogens is 383 g/mol. The molecule has 2 rings (SSSR count). The second kappa shape index (κ2) is 6.56.